The minimum Gasteiger partial charge on any atom is -0.455 e. The highest BCUT2D eigenvalue weighted by atomic mass is 32.2. The molecular weight excluding hydrogens is 450 g/mol. The van der Waals surface area contributed by atoms with Crippen molar-refractivity contribution in [3.05, 3.63) is 65.1 Å². The number of benzene rings is 2. The fraction of sp³-hybridized carbons (Fsp3) is 0.200. The summed E-state index contributed by atoms with van der Waals surface area (Å²) >= 11 is 0.374. The Balaban J connectivity index is 1.74. The van der Waals surface area contributed by atoms with Crippen LogP contribution in [-0.2, 0) is 24.3 Å². The monoisotopic (exact) mass is 470 g/mol. The van der Waals surface area contributed by atoms with Gasteiger partial charge in [-0.15, -0.1) is 0 Å². The first kappa shape index (κ1) is 24.5. The summed E-state index contributed by atoms with van der Waals surface area (Å²) in [6, 6.07) is 12.9. The van der Waals surface area contributed by atoms with Gasteiger partial charge in [-0.1, -0.05) is 41.6 Å². The number of anilines is 1. The summed E-state index contributed by atoms with van der Waals surface area (Å²) in [5.74, 6) is -4.15. The highest BCUT2D eigenvalue weighted by molar-refractivity contribution is 7.99. The minimum absolute atomic E-state index is 0.335. The Morgan fingerprint density at radius 2 is 1.74 bits per heavy atom. The molecule has 2 aromatic carbocycles. The third kappa shape index (κ3) is 9.73. The summed E-state index contributed by atoms with van der Waals surface area (Å²) in [5, 5.41) is 3.35. The number of carbonyl (C=O) groups is 2. The van der Waals surface area contributed by atoms with Crippen LogP contribution >= 0.6 is 11.8 Å². The summed E-state index contributed by atoms with van der Waals surface area (Å²) in [5.41, 5.74) is 2.05. The molecule has 2 rings (SSSR count). The molecule has 0 aliphatic heterocycles. The molecule has 1 amide bonds. The first-order valence-corrected chi connectivity index (χ1v) is 11.3. The Morgan fingerprint density at radius 1 is 1.10 bits per heavy atom. The number of esters is 1. The molecule has 0 aromatic heterocycles. The molecular formula is C20H20F2N2O5S2. The van der Waals surface area contributed by atoms with Gasteiger partial charge in [0.1, 0.15) is 6.54 Å². The van der Waals surface area contributed by atoms with Crippen LogP contribution < -0.4 is 10.0 Å². The molecule has 0 aliphatic rings. The average Bonchev–Trinajstić information content (AvgIpc) is 2.71. The number of ether oxygens (including phenoxy) is 1. The number of alkyl halides is 2. The van der Waals surface area contributed by atoms with Crippen LogP contribution in [0.3, 0.4) is 0 Å². The maximum Gasteiger partial charge on any atom is 0.321 e. The number of amides is 1. The predicted octanol–water partition coefficient (Wildman–Crippen LogP) is 3.38. The maximum absolute atomic E-state index is 12.3. The standard InChI is InChI=1S/C20H20F2N2O5S2/c1-14-2-4-15(5-3-14)10-11-31(27,28)23-12-19(26)29-13-18(25)24-16-6-8-17(9-7-16)30-20(21)22/h2-11,20,23H,12-13H2,1H3,(H,24,25). The third-order valence-electron chi connectivity index (χ3n) is 3.66. The van der Waals surface area contributed by atoms with E-state index in [1.807, 2.05) is 19.1 Å². The highest BCUT2D eigenvalue weighted by Gasteiger charge is 2.12. The van der Waals surface area contributed by atoms with Gasteiger partial charge in [0, 0.05) is 16.0 Å². The van der Waals surface area contributed by atoms with Crippen molar-refractivity contribution in [1.29, 1.82) is 0 Å². The molecule has 166 valence electrons. The van der Waals surface area contributed by atoms with Gasteiger partial charge < -0.3 is 10.1 Å². The first-order valence-electron chi connectivity index (χ1n) is 8.88. The van der Waals surface area contributed by atoms with E-state index in [9.17, 15) is 26.8 Å². The van der Waals surface area contributed by atoms with Crippen LogP contribution in [0.25, 0.3) is 6.08 Å². The second kappa shape index (κ2) is 11.6. The number of hydrogen-bond donors (Lipinski definition) is 2. The van der Waals surface area contributed by atoms with E-state index in [4.69, 9.17) is 4.74 Å². The number of hydrogen-bond acceptors (Lipinski definition) is 6. The first-order chi connectivity index (χ1) is 14.6. The van der Waals surface area contributed by atoms with Gasteiger partial charge in [0.25, 0.3) is 11.7 Å². The molecule has 0 unspecified atom stereocenters. The van der Waals surface area contributed by atoms with E-state index in [-0.39, 0.29) is 0 Å². The third-order valence-corrected chi connectivity index (χ3v) is 5.43. The molecule has 0 spiro atoms. The number of carbonyl (C=O) groups excluding carboxylic acids is 2. The largest absolute Gasteiger partial charge is 0.455 e. The van der Waals surface area contributed by atoms with Crippen LogP contribution in [0.1, 0.15) is 11.1 Å². The fourth-order valence-electron chi connectivity index (χ4n) is 2.17. The second-order valence-electron chi connectivity index (χ2n) is 6.19. The van der Waals surface area contributed by atoms with Crippen molar-refractivity contribution in [2.75, 3.05) is 18.5 Å². The van der Waals surface area contributed by atoms with Gasteiger partial charge in [0.15, 0.2) is 6.61 Å². The van der Waals surface area contributed by atoms with Crippen molar-refractivity contribution in [2.45, 2.75) is 17.6 Å². The van der Waals surface area contributed by atoms with E-state index in [0.29, 0.717) is 27.9 Å². The summed E-state index contributed by atoms with van der Waals surface area (Å²) in [6.45, 7) is 0.629. The van der Waals surface area contributed by atoms with Crippen LogP contribution in [0.4, 0.5) is 14.5 Å². The van der Waals surface area contributed by atoms with Gasteiger partial charge in [-0.3, -0.25) is 9.59 Å². The number of aryl methyl sites for hydroxylation is 1. The van der Waals surface area contributed by atoms with Crippen molar-refractivity contribution in [2.24, 2.45) is 0 Å². The number of nitrogens with one attached hydrogen (secondary N) is 2. The Morgan fingerprint density at radius 3 is 2.35 bits per heavy atom. The van der Waals surface area contributed by atoms with Crippen molar-refractivity contribution in [3.63, 3.8) is 0 Å². The Bertz CT molecular complexity index is 1020. The van der Waals surface area contributed by atoms with E-state index in [1.165, 1.54) is 30.3 Å². The number of thioether (sulfide) groups is 1. The van der Waals surface area contributed by atoms with Gasteiger partial charge >= 0.3 is 5.97 Å². The molecule has 0 bridgehead atoms. The van der Waals surface area contributed by atoms with Crippen LogP contribution in [0.2, 0.25) is 0 Å². The lowest BCUT2D eigenvalue weighted by molar-refractivity contribution is -0.146. The zero-order valence-corrected chi connectivity index (χ0v) is 18.0. The average molecular weight is 471 g/mol. The summed E-state index contributed by atoms with van der Waals surface area (Å²) < 4.78 is 55.2. The molecule has 2 N–H and O–H groups in total. The lowest BCUT2D eigenvalue weighted by Crippen LogP contribution is -2.31. The molecule has 0 saturated carbocycles. The van der Waals surface area contributed by atoms with Crippen molar-refractivity contribution >= 4 is 45.4 Å². The minimum atomic E-state index is -3.87. The Kier molecular flexibility index (Phi) is 9.16. The molecule has 0 saturated heterocycles. The molecule has 0 atom stereocenters. The van der Waals surface area contributed by atoms with E-state index in [1.54, 1.807) is 12.1 Å². The lowest BCUT2D eigenvalue weighted by atomic mass is 10.2. The van der Waals surface area contributed by atoms with Gasteiger partial charge in [0.2, 0.25) is 10.0 Å². The van der Waals surface area contributed by atoms with Crippen molar-refractivity contribution in [3.8, 4) is 0 Å². The van der Waals surface area contributed by atoms with Crippen LogP contribution in [0.15, 0.2) is 58.8 Å². The van der Waals surface area contributed by atoms with Gasteiger partial charge in [-0.05, 0) is 42.8 Å². The highest BCUT2D eigenvalue weighted by Crippen LogP contribution is 2.26. The van der Waals surface area contributed by atoms with Gasteiger partial charge in [-0.25, -0.2) is 13.1 Å². The zero-order valence-electron chi connectivity index (χ0n) is 16.4. The number of rotatable bonds is 10. The Hall–Kier alpha value is -2.76. The van der Waals surface area contributed by atoms with Crippen molar-refractivity contribution < 1.29 is 31.5 Å². The molecule has 7 nitrogen and oxygen atoms in total. The molecule has 11 heteroatoms. The fourth-order valence-corrected chi connectivity index (χ4v) is 3.42. The lowest BCUT2D eigenvalue weighted by Gasteiger charge is -2.08. The predicted molar refractivity (Wildman–Crippen MR) is 115 cm³/mol. The molecule has 0 heterocycles. The number of halogens is 2. The van der Waals surface area contributed by atoms with Gasteiger partial charge in [-0.2, -0.15) is 8.78 Å². The van der Waals surface area contributed by atoms with Gasteiger partial charge in [0.05, 0.1) is 0 Å². The molecule has 31 heavy (non-hydrogen) atoms. The SMILES string of the molecule is Cc1ccc(C=CS(=O)(=O)NCC(=O)OCC(=O)Nc2ccc(SC(F)F)cc2)cc1. The van der Waals surface area contributed by atoms with E-state index in [2.05, 4.69) is 10.0 Å². The summed E-state index contributed by atoms with van der Waals surface area (Å²) in [6.07, 6.45) is 1.38. The molecule has 0 aliphatic carbocycles. The summed E-state index contributed by atoms with van der Waals surface area (Å²) in [7, 11) is -3.87. The van der Waals surface area contributed by atoms with Crippen LogP contribution in [0.5, 0.6) is 0 Å². The quantitative estimate of drug-likeness (QED) is 0.408. The smallest absolute Gasteiger partial charge is 0.321 e. The molecule has 0 radical (unpaired) electrons. The molecule has 2 aromatic rings. The molecule has 0 fully saturated rings. The van der Waals surface area contributed by atoms with Crippen LogP contribution in [0, 0.1) is 6.92 Å². The van der Waals surface area contributed by atoms with E-state index in [0.717, 1.165) is 11.0 Å². The van der Waals surface area contributed by atoms with Crippen LogP contribution in [-0.4, -0.2) is 39.2 Å². The Labute approximate surface area is 182 Å². The van der Waals surface area contributed by atoms with E-state index >= 15 is 0 Å². The summed E-state index contributed by atoms with van der Waals surface area (Å²) in [4.78, 5) is 23.8. The van der Waals surface area contributed by atoms with E-state index < -0.39 is 40.8 Å². The second-order valence-corrected chi connectivity index (χ2v) is 8.91. The normalized spacial score (nSPS) is 11.6. The maximum atomic E-state index is 12.3. The number of sulfonamides is 1. The topological polar surface area (TPSA) is 102 Å². The van der Waals surface area contributed by atoms with Crippen molar-refractivity contribution in [1.82, 2.24) is 4.72 Å². The zero-order chi connectivity index (χ0) is 22.9.